The topological polar surface area (TPSA) is 0 Å². The minimum absolute atomic E-state index is 0. The molecule has 0 aliphatic heterocycles. The van der Waals surface area contributed by atoms with Crippen LogP contribution in [0.25, 0.3) is 0 Å². The first-order valence-electron chi connectivity index (χ1n) is 10.4. The Labute approximate surface area is 215 Å². The Kier molecular flexibility index (Phi) is 13.7. The van der Waals surface area contributed by atoms with Crippen LogP contribution >= 0.6 is 0 Å². The van der Waals surface area contributed by atoms with Gasteiger partial charge < -0.3 is 24.8 Å². The summed E-state index contributed by atoms with van der Waals surface area (Å²) in [5.74, 6) is 0. The Morgan fingerprint density at radius 1 is 0.839 bits per heavy atom. The Morgan fingerprint density at radius 3 is 1.87 bits per heavy atom. The van der Waals surface area contributed by atoms with Crippen molar-refractivity contribution in [3.63, 3.8) is 0 Å². The molecule has 0 saturated heterocycles. The minimum atomic E-state index is 0. The van der Waals surface area contributed by atoms with Crippen molar-refractivity contribution in [2.75, 3.05) is 0 Å². The number of aryl methyl sites for hydroxylation is 2. The van der Waals surface area contributed by atoms with Crippen molar-refractivity contribution in [1.29, 1.82) is 0 Å². The molecule has 0 heterocycles. The SMILES string of the molecule is CC1=CC[C-]=C1.[Cl-].[Cl-].[Zr+2]=[C](c1ccccc1)c1ccccc1.c1cc2c([cH-]1)CCCC2. The third-order valence-corrected chi connectivity index (χ3v) is 6.57. The molecule has 0 saturated carbocycles. The molecule has 2 aliphatic carbocycles. The van der Waals surface area contributed by atoms with Crippen LogP contribution in [0.3, 0.4) is 0 Å². The van der Waals surface area contributed by atoms with Gasteiger partial charge in [0.15, 0.2) is 0 Å². The molecule has 0 fully saturated rings. The summed E-state index contributed by atoms with van der Waals surface area (Å²) in [5, 5.41) is 0. The van der Waals surface area contributed by atoms with Crippen LogP contribution in [0.15, 0.2) is 96.6 Å². The summed E-state index contributed by atoms with van der Waals surface area (Å²) in [6.45, 7) is 2.08. The molecule has 0 aromatic heterocycles. The fourth-order valence-electron chi connectivity index (χ4n) is 3.49. The Balaban J connectivity index is 0.000000244. The number of hydrogen-bond donors (Lipinski definition) is 0. The van der Waals surface area contributed by atoms with Crippen LogP contribution in [0.4, 0.5) is 0 Å². The molecule has 0 atom stereocenters. The first kappa shape index (κ1) is 27.6. The summed E-state index contributed by atoms with van der Waals surface area (Å²) in [4.78, 5) is 0. The number of allylic oxidation sites excluding steroid dienone is 4. The average Bonchev–Trinajstić information content (AvgIpc) is 3.47. The molecule has 3 heteroatoms. The van der Waals surface area contributed by atoms with Gasteiger partial charge in [-0.15, -0.1) is 13.3 Å². The molecule has 0 nitrogen and oxygen atoms in total. The molecule has 31 heavy (non-hydrogen) atoms. The summed E-state index contributed by atoms with van der Waals surface area (Å²) in [5.41, 5.74) is 7.20. The van der Waals surface area contributed by atoms with Gasteiger partial charge in [0.1, 0.15) is 0 Å². The number of halogens is 2. The molecule has 0 unspecified atom stereocenters. The number of benzene rings is 2. The molecule has 160 valence electrons. The Morgan fingerprint density at radius 2 is 1.42 bits per heavy atom. The summed E-state index contributed by atoms with van der Waals surface area (Å²) in [6.07, 6.45) is 13.7. The van der Waals surface area contributed by atoms with E-state index in [0.29, 0.717) is 0 Å². The zero-order valence-corrected chi connectivity index (χ0v) is 21.9. The minimum Gasteiger partial charge on any atom is -0.210 e. The maximum Gasteiger partial charge on any atom is -0.0512 e. The van der Waals surface area contributed by atoms with Crippen LogP contribution in [-0.2, 0) is 37.1 Å². The van der Waals surface area contributed by atoms with Crippen LogP contribution in [0.5, 0.6) is 0 Å². The van der Waals surface area contributed by atoms with E-state index in [1.165, 1.54) is 69.8 Å². The first-order chi connectivity index (χ1) is 14.2. The molecule has 0 radical (unpaired) electrons. The zero-order chi connectivity index (χ0) is 20.3. The van der Waals surface area contributed by atoms with Gasteiger partial charge in [-0.25, -0.2) is 17.7 Å². The fraction of sp³-hybridized carbons (Fsp3) is 0.214. The maximum absolute atomic E-state index is 3.05. The second-order valence-corrected chi connectivity index (χ2v) is 8.62. The van der Waals surface area contributed by atoms with Crippen LogP contribution in [0.2, 0.25) is 0 Å². The van der Waals surface area contributed by atoms with Crippen molar-refractivity contribution in [3.05, 3.63) is 125 Å². The molecule has 2 aliphatic rings. The quantitative estimate of drug-likeness (QED) is 0.434. The van der Waals surface area contributed by atoms with Crippen molar-refractivity contribution in [3.8, 4) is 0 Å². The number of fused-ring (bicyclic) bond motifs is 1. The second kappa shape index (κ2) is 15.4. The van der Waals surface area contributed by atoms with Gasteiger partial charge in [0.2, 0.25) is 0 Å². The largest absolute Gasteiger partial charge is 0.210 e. The molecule has 3 aromatic rings. The molecule has 3 aromatic carbocycles. The van der Waals surface area contributed by atoms with Crippen molar-refractivity contribution < 1.29 is 49.0 Å². The van der Waals surface area contributed by atoms with Crippen LogP contribution < -0.4 is 24.8 Å². The summed E-state index contributed by atoms with van der Waals surface area (Å²) in [6, 6.07) is 27.8. The van der Waals surface area contributed by atoms with Gasteiger partial charge in [0, 0.05) is 0 Å². The molecular formula is C28H28Cl2Zr-2. The van der Waals surface area contributed by atoms with Crippen molar-refractivity contribution in [2.45, 2.75) is 39.0 Å². The second-order valence-electron chi connectivity index (χ2n) is 7.39. The third-order valence-electron chi connectivity index (χ3n) is 5.15. The number of rotatable bonds is 2. The molecule has 5 rings (SSSR count). The van der Waals surface area contributed by atoms with Gasteiger partial charge in [-0.05, 0) is 0 Å². The molecular weight excluding hydrogens is 498 g/mol. The predicted molar refractivity (Wildman–Crippen MR) is 121 cm³/mol. The van der Waals surface area contributed by atoms with E-state index in [2.05, 4.69) is 97.9 Å². The van der Waals surface area contributed by atoms with Crippen molar-refractivity contribution >= 4 is 3.21 Å². The first-order valence-corrected chi connectivity index (χ1v) is 11.6. The van der Waals surface area contributed by atoms with E-state index < -0.39 is 0 Å². The van der Waals surface area contributed by atoms with Crippen LogP contribution in [0, 0.1) is 6.08 Å². The Bertz CT molecular complexity index is 888. The summed E-state index contributed by atoms with van der Waals surface area (Å²) >= 11 is 1.46. The molecule has 0 bridgehead atoms. The predicted octanol–water partition coefficient (Wildman–Crippen LogP) is 0.790. The van der Waals surface area contributed by atoms with E-state index in [1.54, 1.807) is 11.1 Å². The van der Waals surface area contributed by atoms with E-state index in [-0.39, 0.29) is 24.8 Å². The zero-order valence-electron chi connectivity index (χ0n) is 18.0. The van der Waals surface area contributed by atoms with Crippen molar-refractivity contribution in [1.82, 2.24) is 0 Å². The standard InChI is InChI=1S/C13H10.C9H11.C6H7.2ClH.Zr/c1-3-7-12(8-4-1)11-13-9-5-2-6-10-13;1-2-5-9-7-3-6-8(9)4-1;1-6-4-2-3-5-6;;;/h1-10H;3,6-7H,1-2,4-5H2;4-5H,2H2,1H3;2*1H;/q;2*-1;;;+2/p-2. The van der Waals surface area contributed by atoms with E-state index >= 15 is 0 Å². The van der Waals surface area contributed by atoms with Gasteiger partial charge >= 0.3 is 99.2 Å². The third kappa shape index (κ3) is 9.32. The normalized spacial score (nSPS) is 13.1. The van der Waals surface area contributed by atoms with Gasteiger partial charge in [0.05, 0.1) is 0 Å². The van der Waals surface area contributed by atoms with Gasteiger partial charge in [0.25, 0.3) is 0 Å². The molecule has 0 spiro atoms. The van der Waals surface area contributed by atoms with Gasteiger partial charge in [-0.1, -0.05) is 25.7 Å². The van der Waals surface area contributed by atoms with Crippen LogP contribution in [-0.4, -0.2) is 3.21 Å². The smallest absolute Gasteiger partial charge is 0.0512 e. The molecule has 0 N–H and O–H groups in total. The van der Waals surface area contributed by atoms with E-state index in [0.717, 1.165) is 6.42 Å². The van der Waals surface area contributed by atoms with Gasteiger partial charge in [-0.3, -0.25) is 6.08 Å². The Hall–Kier alpha value is -1.40. The summed E-state index contributed by atoms with van der Waals surface area (Å²) < 4.78 is 1.42. The maximum atomic E-state index is 3.05. The van der Waals surface area contributed by atoms with E-state index in [1.807, 2.05) is 6.08 Å². The monoisotopic (exact) mass is 524 g/mol. The van der Waals surface area contributed by atoms with E-state index in [9.17, 15) is 0 Å². The fourth-order valence-corrected chi connectivity index (χ4v) is 4.31. The average molecular weight is 527 g/mol. The van der Waals surface area contributed by atoms with Crippen LogP contribution in [0.1, 0.15) is 48.4 Å². The molecule has 0 amide bonds. The van der Waals surface area contributed by atoms with E-state index in [4.69, 9.17) is 0 Å². The summed E-state index contributed by atoms with van der Waals surface area (Å²) in [7, 11) is 0. The number of hydrogen-bond acceptors (Lipinski definition) is 0. The van der Waals surface area contributed by atoms with Crippen molar-refractivity contribution in [2.24, 2.45) is 0 Å². The van der Waals surface area contributed by atoms with Gasteiger partial charge in [-0.2, -0.15) is 29.3 Å².